The van der Waals surface area contributed by atoms with Crippen LogP contribution in [0.3, 0.4) is 0 Å². The maximum atomic E-state index is 6.07. The SMILES string of the molecule is ClCc1cccc(OCc2ccccc2)c1OCc1ccccc1. The maximum Gasteiger partial charge on any atom is 0.166 e. The largest absolute Gasteiger partial charge is 0.485 e. The summed E-state index contributed by atoms with van der Waals surface area (Å²) in [6, 6.07) is 25.9. The van der Waals surface area contributed by atoms with E-state index in [2.05, 4.69) is 0 Å². The van der Waals surface area contributed by atoms with E-state index in [-0.39, 0.29) is 0 Å². The van der Waals surface area contributed by atoms with Gasteiger partial charge in [-0.25, -0.2) is 0 Å². The summed E-state index contributed by atoms with van der Waals surface area (Å²) in [6.45, 7) is 0.977. The van der Waals surface area contributed by atoms with Crippen molar-refractivity contribution < 1.29 is 9.47 Å². The summed E-state index contributed by atoms with van der Waals surface area (Å²) >= 11 is 6.07. The third kappa shape index (κ3) is 4.30. The van der Waals surface area contributed by atoms with Gasteiger partial charge in [0.05, 0.1) is 5.88 Å². The lowest BCUT2D eigenvalue weighted by atomic mass is 10.2. The van der Waals surface area contributed by atoms with Crippen molar-refractivity contribution in [2.75, 3.05) is 0 Å². The molecule has 122 valence electrons. The Hall–Kier alpha value is -2.45. The van der Waals surface area contributed by atoms with Gasteiger partial charge in [-0.3, -0.25) is 0 Å². The lowest BCUT2D eigenvalue weighted by Gasteiger charge is -2.16. The lowest BCUT2D eigenvalue weighted by Crippen LogP contribution is -2.02. The van der Waals surface area contributed by atoms with Gasteiger partial charge in [-0.15, -0.1) is 11.6 Å². The topological polar surface area (TPSA) is 18.5 Å². The van der Waals surface area contributed by atoms with E-state index in [1.807, 2.05) is 78.9 Å². The van der Waals surface area contributed by atoms with E-state index in [9.17, 15) is 0 Å². The molecule has 3 heteroatoms. The van der Waals surface area contributed by atoms with Gasteiger partial charge in [0.2, 0.25) is 0 Å². The van der Waals surface area contributed by atoms with Gasteiger partial charge in [-0.1, -0.05) is 72.8 Å². The van der Waals surface area contributed by atoms with Gasteiger partial charge in [0.1, 0.15) is 13.2 Å². The maximum absolute atomic E-state index is 6.07. The smallest absolute Gasteiger partial charge is 0.166 e. The van der Waals surface area contributed by atoms with Crippen molar-refractivity contribution in [1.29, 1.82) is 0 Å². The molecule has 0 fully saturated rings. The number of rotatable bonds is 7. The molecule has 24 heavy (non-hydrogen) atoms. The van der Waals surface area contributed by atoms with E-state index in [0.29, 0.717) is 30.6 Å². The normalized spacial score (nSPS) is 10.4. The highest BCUT2D eigenvalue weighted by molar-refractivity contribution is 6.17. The Kier molecular flexibility index (Phi) is 5.75. The Labute approximate surface area is 147 Å². The second-order valence-corrected chi connectivity index (χ2v) is 5.69. The van der Waals surface area contributed by atoms with Gasteiger partial charge in [-0.2, -0.15) is 0 Å². The molecule has 3 rings (SSSR count). The number of alkyl halides is 1. The van der Waals surface area contributed by atoms with Crippen LogP contribution >= 0.6 is 11.6 Å². The third-order valence-electron chi connectivity index (χ3n) is 3.67. The fourth-order valence-corrected chi connectivity index (χ4v) is 2.62. The number of benzene rings is 3. The van der Waals surface area contributed by atoms with Gasteiger partial charge in [0, 0.05) is 5.56 Å². The van der Waals surface area contributed by atoms with Crippen molar-refractivity contribution in [1.82, 2.24) is 0 Å². The Morgan fingerprint density at radius 2 is 1.21 bits per heavy atom. The molecule has 0 aliphatic carbocycles. The summed E-state index contributed by atoms with van der Waals surface area (Å²) < 4.78 is 12.0. The van der Waals surface area contributed by atoms with Crippen molar-refractivity contribution in [2.45, 2.75) is 19.1 Å². The molecular weight excluding hydrogens is 320 g/mol. The summed E-state index contributed by atoms with van der Waals surface area (Å²) in [5, 5.41) is 0. The van der Waals surface area contributed by atoms with Crippen LogP contribution in [-0.2, 0) is 19.1 Å². The molecule has 2 nitrogen and oxygen atoms in total. The number of hydrogen-bond donors (Lipinski definition) is 0. The first-order valence-corrected chi connectivity index (χ1v) is 8.41. The van der Waals surface area contributed by atoms with Crippen molar-refractivity contribution in [3.8, 4) is 11.5 Å². The van der Waals surface area contributed by atoms with E-state index >= 15 is 0 Å². The van der Waals surface area contributed by atoms with E-state index in [1.54, 1.807) is 0 Å². The van der Waals surface area contributed by atoms with Gasteiger partial charge >= 0.3 is 0 Å². The number of ether oxygens (including phenoxy) is 2. The number of halogens is 1. The summed E-state index contributed by atoms with van der Waals surface area (Å²) in [4.78, 5) is 0. The predicted octanol–water partition coefficient (Wildman–Crippen LogP) is 5.58. The molecule has 3 aromatic rings. The molecule has 0 aromatic heterocycles. The quantitative estimate of drug-likeness (QED) is 0.523. The van der Waals surface area contributed by atoms with Crippen LogP contribution in [-0.4, -0.2) is 0 Å². The Bertz CT molecular complexity index is 757. The minimum absolute atomic E-state index is 0.382. The van der Waals surface area contributed by atoms with Crippen LogP contribution in [0, 0.1) is 0 Å². The molecule has 0 N–H and O–H groups in total. The van der Waals surface area contributed by atoms with Gasteiger partial charge in [-0.05, 0) is 17.2 Å². The first kappa shape index (κ1) is 16.4. The van der Waals surface area contributed by atoms with Crippen LogP contribution in [0.5, 0.6) is 11.5 Å². The van der Waals surface area contributed by atoms with Crippen molar-refractivity contribution in [2.24, 2.45) is 0 Å². The standard InChI is InChI=1S/C21H19ClO2/c22-14-19-12-7-13-20(23-15-17-8-3-1-4-9-17)21(19)24-16-18-10-5-2-6-11-18/h1-13H,14-16H2. The molecule has 3 aromatic carbocycles. The molecule has 0 atom stereocenters. The van der Waals surface area contributed by atoms with Crippen LogP contribution in [0.15, 0.2) is 78.9 Å². The Morgan fingerprint density at radius 3 is 1.79 bits per heavy atom. The average Bonchev–Trinajstić information content (AvgIpc) is 2.66. The molecule has 0 bridgehead atoms. The first-order chi connectivity index (χ1) is 11.9. The minimum Gasteiger partial charge on any atom is -0.485 e. The van der Waals surface area contributed by atoms with Crippen molar-refractivity contribution in [3.63, 3.8) is 0 Å². The molecule has 0 saturated carbocycles. The van der Waals surface area contributed by atoms with Crippen LogP contribution in [0.1, 0.15) is 16.7 Å². The molecule has 0 spiro atoms. The van der Waals surface area contributed by atoms with Gasteiger partial charge in [0.25, 0.3) is 0 Å². The van der Waals surface area contributed by atoms with E-state index in [1.165, 1.54) is 0 Å². The van der Waals surface area contributed by atoms with Crippen LogP contribution < -0.4 is 9.47 Å². The highest BCUT2D eigenvalue weighted by atomic mass is 35.5. The van der Waals surface area contributed by atoms with Gasteiger partial charge in [0.15, 0.2) is 11.5 Å². The highest BCUT2D eigenvalue weighted by Gasteiger charge is 2.11. The minimum atomic E-state index is 0.382. The van der Waals surface area contributed by atoms with Gasteiger partial charge < -0.3 is 9.47 Å². The van der Waals surface area contributed by atoms with Crippen LogP contribution in [0.2, 0.25) is 0 Å². The Balaban J connectivity index is 1.75. The summed E-state index contributed by atoms with van der Waals surface area (Å²) in [6.07, 6.45) is 0. The zero-order valence-electron chi connectivity index (χ0n) is 13.3. The molecule has 0 aliphatic rings. The highest BCUT2D eigenvalue weighted by Crippen LogP contribution is 2.33. The summed E-state index contributed by atoms with van der Waals surface area (Å²) in [5.74, 6) is 1.81. The lowest BCUT2D eigenvalue weighted by molar-refractivity contribution is 0.254. The van der Waals surface area contributed by atoms with Crippen molar-refractivity contribution >= 4 is 11.6 Å². The first-order valence-electron chi connectivity index (χ1n) is 7.88. The molecule has 0 radical (unpaired) electrons. The van der Waals surface area contributed by atoms with Crippen LogP contribution in [0.4, 0.5) is 0 Å². The van der Waals surface area contributed by atoms with Crippen LogP contribution in [0.25, 0.3) is 0 Å². The molecule has 0 unspecified atom stereocenters. The van der Waals surface area contributed by atoms with E-state index in [4.69, 9.17) is 21.1 Å². The zero-order chi connectivity index (χ0) is 16.6. The number of hydrogen-bond acceptors (Lipinski definition) is 2. The second-order valence-electron chi connectivity index (χ2n) is 5.43. The van der Waals surface area contributed by atoms with Crippen molar-refractivity contribution in [3.05, 3.63) is 95.6 Å². The number of para-hydroxylation sites is 1. The molecular formula is C21H19ClO2. The monoisotopic (exact) mass is 338 g/mol. The zero-order valence-corrected chi connectivity index (χ0v) is 14.1. The second kappa shape index (κ2) is 8.42. The summed E-state index contributed by atoms with van der Waals surface area (Å²) in [5.41, 5.74) is 3.15. The Morgan fingerprint density at radius 1 is 0.625 bits per heavy atom. The fraction of sp³-hybridized carbons (Fsp3) is 0.143. The summed E-state index contributed by atoms with van der Waals surface area (Å²) in [7, 11) is 0. The molecule has 0 aliphatic heterocycles. The van der Waals surface area contributed by atoms with E-state index in [0.717, 1.165) is 16.7 Å². The average molecular weight is 339 g/mol. The molecule has 0 amide bonds. The molecule has 0 heterocycles. The third-order valence-corrected chi connectivity index (χ3v) is 3.96. The van der Waals surface area contributed by atoms with E-state index < -0.39 is 0 Å². The molecule has 0 saturated heterocycles. The predicted molar refractivity (Wildman–Crippen MR) is 97.5 cm³/mol. The fourth-order valence-electron chi connectivity index (χ4n) is 2.41.